The van der Waals surface area contributed by atoms with Crippen LogP contribution in [0.25, 0.3) is 97.8 Å². The lowest BCUT2D eigenvalue weighted by atomic mass is 9.95. The molecule has 4 heteroatoms. The van der Waals surface area contributed by atoms with Crippen molar-refractivity contribution in [3.63, 3.8) is 0 Å². The van der Waals surface area contributed by atoms with Crippen molar-refractivity contribution in [2.24, 2.45) is 0 Å². The van der Waals surface area contributed by atoms with Gasteiger partial charge in [0, 0.05) is 36.9 Å². The molecule has 10 aromatic rings. The summed E-state index contributed by atoms with van der Waals surface area (Å²) in [5.41, 5.74) is 5.33. The van der Waals surface area contributed by atoms with E-state index in [9.17, 15) is 0 Å². The van der Waals surface area contributed by atoms with Gasteiger partial charge < -0.3 is 0 Å². The molecule has 0 bridgehead atoms. The van der Waals surface area contributed by atoms with Crippen molar-refractivity contribution in [3.05, 3.63) is 164 Å². The fraction of sp³-hybridized carbons (Fsp3) is 0. The predicted octanol–water partition coefficient (Wildman–Crippen LogP) is 12.4. The molecule has 0 saturated heterocycles. The number of nitrogens with zero attached hydrogens (tertiary/aromatic N) is 3. The molecule has 49 heavy (non-hydrogen) atoms. The summed E-state index contributed by atoms with van der Waals surface area (Å²) in [5, 5.41) is 9.55. The molecule has 228 valence electrons. The van der Waals surface area contributed by atoms with E-state index in [-0.39, 0.29) is 0 Å². The van der Waals surface area contributed by atoms with E-state index in [2.05, 4.69) is 164 Å². The highest BCUT2D eigenvalue weighted by molar-refractivity contribution is 7.25. The Morgan fingerprint density at radius 2 is 0.878 bits per heavy atom. The molecular formula is C45H27N3S. The maximum absolute atomic E-state index is 5.19. The van der Waals surface area contributed by atoms with Crippen LogP contribution in [0.2, 0.25) is 0 Å². The quantitative estimate of drug-likeness (QED) is 0.192. The third-order valence-electron chi connectivity index (χ3n) is 9.50. The second-order valence-electron chi connectivity index (χ2n) is 12.4. The van der Waals surface area contributed by atoms with Gasteiger partial charge in [-0.05, 0) is 79.8 Å². The summed E-state index contributed by atoms with van der Waals surface area (Å²) in [7, 11) is 0. The SMILES string of the molecule is c1ccc2cc(-c3nc(-c4ccc5sc6ccccc6c5c4)nc(-c4cccc5cc(-c6cccc7ccccc67)ccc45)n3)ccc2c1. The van der Waals surface area contributed by atoms with Crippen LogP contribution < -0.4 is 0 Å². The van der Waals surface area contributed by atoms with Crippen molar-refractivity contribution < 1.29 is 0 Å². The van der Waals surface area contributed by atoms with Crippen molar-refractivity contribution in [1.82, 2.24) is 15.0 Å². The van der Waals surface area contributed by atoms with E-state index < -0.39 is 0 Å². The van der Waals surface area contributed by atoms with Crippen LogP contribution in [-0.2, 0) is 0 Å². The number of aromatic nitrogens is 3. The zero-order valence-electron chi connectivity index (χ0n) is 26.3. The van der Waals surface area contributed by atoms with Gasteiger partial charge in [-0.15, -0.1) is 11.3 Å². The summed E-state index contributed by atoms with van der Waals surface area (Å²) in [5.74, 6) is 1.98. The molecule has 0 aliphatic heterocycles. The van der Waals surface area contributed by atoms with Gasteiger partial charge in [0.15, 0.2) is 17.5 Å². The van der Waals surface area contributed by atoms with Crippen molar-refractivity contribution in [2.45, 2.75) is 0 Å². The minimum atomic E-state index is 0.658. The molecular weight excluding hydrogens is 615 g/mol. The number of thiophene rings is 1. The molecule has 0 amide bonds. The van der Waals surface area contributed by atoms with E-state index in [1.165, 1.54) is 47.5 Å². The predicted molar refractivity (Wildman–Crippen MR) is 207 cm³/mol. The summed E-state index contributed by atoms with van der Waals surface area (Å²) in [6.07, 6.45) is 0. The Morgan fingerprint density at radius 1 is 0.306 bits per heavy atom. The molecule has 2 heterocycles. The molecule has 10 rings (SSSR count). The summed E-state index contributed by atoms with van der Waals surface area (Å²) >= 11 is 1.81. The van der Waals surface area contributed by atoms with E-state index in [4.69, 9.17) is 15.0 Å². The highest BCUT2D eigenvalue weighted by atomic mass is 32.1. The summed E-state index contributed by atoms with van der Waals surface area (Å²) in [6.45, 7) is 0. The van der Waals surface area contributed by atoms with Crippen molar-refractivity contribution in [1.29, 1.82) is 0 Å². The van der Waals surface area contributed by atoms with Crippen molar-refractivity contribution in [3.8, 4) is 45.3 Å². The van der Waals surface area contributed by atoms with Gasteiger partial charge >= 0.3 is 0 Å². The smallest absolute Gasteiger partial charge is 0.164 e. The molecule has 2 aromatic heterocycles. The van der Waals surface area contributed by atoms with E-state index in [1.807, 2.05) is 11.3 Å². The second kappa shape index (κ2) is 11.2. The van der Waals surface area contributed by atoms with Crippen LogP contribution in [0.1, 0.15) is 0 Å². The Kier molecular flexibility index (Phi) is 6.36. The number of benzene rings is 8. The third-order valence-corrected chi connectivity index (χ3v) is 10.7. The molecule has 0 spiro atoms. The highest BCUT2D eigenvalue weighted by Gasteiger charge is 2.16. The molecule has 0 saturated carbocycles. The maximum atomic E-state index is 5.19. The van der Waals surface area contributed by atoms with Crippen molar-refractivity contribution >= 4 is 63.8 Å². The molecule has 0 unspecified atom stereocenters. The van der Waals surface area contributed by atoms with Crippen LogP contribution in [0.5, 0.6) is 0 Å². The van der Waals surface area contributed by atoms with Gasteiger partial charge in [-0.3, -0.25) is 0 Å². The Hall–Kier alpha value is -6.23. The lowest BCUT2D eigenvalue weighted by Gasteiger charge is -2.12. The van der Waals surface area contributed by atoms with E-state index in [0.717, 1.165) is 32.8 Å². The molecule has 0 aliphatic rings. The molecule has 0 radical (unpaired) electrons. The topological polar surface area (TPSA) is 38.7 Å². The number of hydrogen-bond donors (Lipinski definition) is 0. The fourth-order valence-corrected chi connectivity index (χ4v) is 8.16. The van der Waals surface area contributed by atoms with Gasteiger partial charge in [-0.25, -0.2) is 15.0 Å². The Bertz CT molecular complexity index is 2900. The largest absolute Gasteiger partial charge is 0.208 e. The van der Waals surface area contributed by atoms with E-state index >= 15 is 0 Å². The third kappa shape index (κ3) is 4.76. The molecule has 8 aromatic carbocycles. The summed E-state index contributed by atoms with van der Waals surface area (Å²) in [4.78, 5) is 15.5. The zero-order chi connectivity index (χ0) is 32.3. The van der Waals surface area contributed by atoms with Crippen LogP contribution in [-0.4, -0.2) is 15.0 Å². The van der Waals surface area contributed by atoms with Gasteiger partial charge in [-0.1, -0.05) is 127 Å². The second-order valence-corrected chi connectivity index (χ2v) is 13.5. The first-order valence-electron chi connectivity index (χ1n) is 16.4. The number of fused-ring (bicyclic) bond motifs is 6. The van der Waals surface area contributed by atoms with Gasteiger partial charge in [0.25, 0.3) is 0 Å². The highest BCUT2D eigenvalue weighted by Crippen LogP contribution is 2.38. The van der Waals surface area contributed by atoms with Gasteiger partial charge in [-0.2, -0.15) is 0 Å². The van der Waals surface area contributed by atoms with Gasteiger partial charge in [0.2, 0.25) is 0 Å². The first kappa shape index (κ1) is 27.8. The molecule has 3 nitrogen and oxygen atoms in total. The van der Waals surface area contributed by atoms with Crippen LogP contribution >= 0.6 is 11.3 Å². The lowest BCUT2D eigenvalue weighted by molar-refractivity contribution is 1.08. The van der Waals surface area contributed by atoms with Gasteiger partial charge in [0.1, 0.15) is 0 Å². The fourth-order valence-electron chi connectivity index (χ4n) is 7.07. The number of hydrogen-bond acceptors (Lipinski definition) is 4. The lowest BCUT2D eigenvalue weighted by Crippen LogP contribution is -2.00. The summed E-state index contributed by atoms with van der Waals surface area (Å²) in [6, 6.07) is 58.2. The molecule has 0 atom stereocenters. The monoisotopic (exact) mass is 641 g/mol. The average molecular weight is 642 g/mol. The van der Waals surface area contributed by atoms with E-state index in [1.54, 1.807) is 0 Å². The van der Waals surface area contributed by atoms with E-state index in [0.29, 0.717) is 17.5 Å². The van der Waals surface area contributed by atoms with Crippen LogP contribution in [0.3, 0.4) is 0 Å². The van der Waals surface area contributed by atoms with Crippen LogP contribution in [0.4, 0.5) is 0 Å². The molecule has 0 aliphatic carbocycles. The Morgan fingerprint density at radius 3 is 1.76 bits per heavy atom. The minimum absolute atomic E-state index is 0.658. The first-order valence-corrected chi connectivity index (χ1v) is 17.3. The Balaban J connectivity index is 1.17. The minimum Gasteiger partial charge on any atom is -0.208 e. The van der Waals surface area contributed by atoms with Crippen LogP contribution in [0.15, 0.2) is 164 Å². The van der Waals surface area contributed by atoms with Crippen LogP contribution in [0, 0.1) is 0 Å². The number of rotatable bonds is 4. The van der Waals surface area contributed by atoms with Crippen molar-refractivity contribution in [2.75, 3.05) is 0 Å². The molecule has 0 fully saturated rings. The first-order chi connectivity index (χ1) is 24.2. The summed E-state index contributed by atoms with van der Waals surface area (Å²) < 4.78 is 2.53. The average Bonchev–Trinajstić information content (AvgIpc) is 3.55. The molecule has 0 N–H and O–H groups in total. The normalized spacial score (nSPS) is 11.7. The Labute approximate surface area is 286 Å². The standard InChI is InChI=1S/C45H27N3S/c1-2-11-30-25-33(20-19-28(30)9-1)43-46-44(34-22-24-42-40(27-34)38-15-5-6-18-41(38)49-42)48-45(47-43)39-17-8-13-31-26-32(21-23-37(31)39)36-16-7-12-29-10-3-4-14-35(29)36/h1-27H. The van der Waals surface area contributed by atoms with Gasteiger partial charge in [0.05, 0.1) is 0 Å². The maximum Gasteiger partial charge on any atom is 0.164 e. The zero-order valence-corrected chi connectivity index (χ0v) is 27.2.